The van der Waals surface area contributed by atoms with Crippen LogP contribution < -0.4 is 15.5 Å². The summed E-state index contributed by atoms with van der Waals surface area (Å²) in [7, 11) is 0. The maximum atomic E-state index is 12.0. The molecule has 0 aromatic heterocycles. The van der Waals surface area contributed by atoms with Crippen LogP contribution in [0.3, 0.4) is 0 Å². The Morgan fingerprint density at radius 1 is 1.41 bits per heavy atom. The van der Waals surface area contributed by atoms with Crippen LogP contribution in [0, 0.1) is 0 Å². The number of carbonyl (C=O) groups is 2. The number of benzene rings is 1. The van der Waals surface area contributed by atoms with Gasteiger partial charge in [-0.1, -0.05) is 18.2 Å². The minimum Gasteiger partial charge on any atom is -0.354 e. The standard InChI is InChI=1S/C16H21N3O2S/c20-15(10-13-11-22-8-6-17-13)18-5-7-19-14-4-2-1-3-12(14)9-16(19)21/h1-4,13,17H,5-11H2,(H,18,20). The zero-order valence-electron chi connectivity index (χ0n) is 12.5. The van der Waals surface area contributed by atoms with E-state index in [2.05, 4.69) is 10.6 Å². The van der Waals surface area contributed by atoms with E-state index >= 15 is 0 Å². The Bertz CT molecular complexity index is 558. The number of nitrogens with zero attached hydrogens (tertiary/aromatic N) is 1. The molecule has 3 rings (SSSR count). The molecule has 1 fully saturated rings. The fourth-order valence-electron chi connectivity index (χ4n) is 2.92. The molecule has 6 heteroatoms. The van der Waals surface area contributed by atoms with Crippen LogP contribution in [0.5, 0.6) is 0 Å². The molecule has 1 aromatic rings. The molecule has 1 saturated heterocycles. The molecule has 5 nitrogen and oxygen atoms in total. The fourth-order valence-corrected chi connectivity index (χ4v) is 3.86. The summed E-state index contributed by atoms with van der Waals surface area (Å²) in [5.74, 6) is 2.28. The van der Waals surface area contributed by atoms with Crippen LogP contribution in [0.2, 0.25) is 0 Å². The molecule has 22 heavy (non-hydrogen) atoms. The summed E-state index contributed by atoms with van der Waals surface area (Å²) in [6.07, 6.45) is 0.977. The first-order valence-electron chi connectivity index (χ1n) is 7.70. The van der Waals surface area contributed by atoms with Gasteiger partial charge in [0.05, 0.1) is 6.42 Å². The second kappa shape index (κ2) is 7.15. The van der Waals surface area contributed by atoms with E-state index in [1.54, 1.807) is 4.90 Å². The van der Waals surface area contributed by atoms with Gasteiger partial charge in [0.1, 0.15) is 0 Å². The zero-order chi connectivity index (χ0) is 15.4. The quantitative estimate of drug-likeness (QED) is 0.842. The summed E-state index contributed by atoms with van der Waals surface area (Å²) in [5.41, 5.74) is 2.05. The highest BCUT2D eigenvalue weighted by molar-refractivity contribution is 7.99. The number of carbonyl (C=O) groups excluding carboxylic acids is 2. The van der Waals surface area contributed by atoms with Crippen LogP contribution in [0.4, 0.5) is 5.69 Å². The molecule has 2 aliphatic rings. The average molecular weight is 319 g/mol. The first-order valence-corrected chi connectivity index (χ1v) is 8.85. The van der Waals surface area contributed by atoms with Gasteiger partial charge in [0.2, 0.25) is 11.8 Å². The summed E-state index contributed by atoms with van der Waals surface area (Å²) >= 11 is 1.89. The van der Waals surface area contributed by atoms with Crippen molar-refractivity contribution < 1.29 is 9.59 Å². The summed E-state index contributed by atoms with van der Waals surface area (Å²) in [5, 5.41) is 6.28. The summed E-state index contributed by atoms with van der Waals surface area (Å²) in [4.78, 5) is 25.7. The van der Waals surface area contributed by atoms with Gasteiger partial charge in [-0.2, -0.15) is 11.8 Å². The van der Waals surface area contributed by atoms with Gasteiger partial charge in [-0.05, 0) is 11.6 Å². The fraction of sp³-hybridized carbons (Fsp3) is 0.500. The van der Waals surface area contributed by atoms with Crippen LogP contribution in [0.15, 0.2) is 24.3 Å². The van der Waals surface area contributed by atoms with E-state index in [1.165, 1.54) is 0 Å². The predicted octanol–water partition coefficient (Wildman–Crippen LogP) is 0.787. The number of amides is 2. The van der Waals surface area contributed by atoms with Crippen molar-refractivity contribution in [3.8, 4) is 0 Å². The van der Waals surface area contributed by atoms with Gasteiger partial charge in [0.25, 0.3) is 0 Å². The Balaban J connectivity index is 1.45. The number of fused-ring (bicyclic) bond motifs is 1. The van der Waals surface area contributed by atoms with Crippen molar-refractivity contribution in [3.05, 3.63) is 29.8 Å². The van der Waals surface area contributed by atoms with Gasteiger partial charge < -0.3 is 15.5 Å². The minimum atomic E-state index is 0.0555. The molecule has 0 saturated carbocycles. The van der Waals surface area contributed by atoms with Gasteiger partial charge in [-0.3, -0.25) is 9.59 Å². The Kier molecular flexibility index (Phi) is 5.00. The van der Waals surface area contributed by atoms with Gasteiger partial charge in [0.15, 0.2) is 0 Å². The highest BCUT2D eigenvalue weighted by atomic mass is 32.2. The molecule has 2 aliphatic heterocycles. The van der Waals surface area contributed by atoms with Crippen LogP contribution in [-0.4, -0.2) is 49.0 Å². The molecule has 1 atom stereocenters. The molecular weight excluding hydrogens is 298 g/mol. The largest absolute Gasteiger partial charge is 0.354 e. The number of anilines is 1. The number of hydrogen-bond acceptors (Lipinski definition) is 4. The van der Waals surface area contributed by atoms with E-state index in [1.807, 2.05) is 36.0 Å². The van der Waals surface area contributed by atoms with Crippen molar-refractivity contribution in [1.29, 1.82) is 0 Å². The van der Waals surface area contributed by atoms with Crippen molar-refractivity contribution in [2.75, 3.05) is 36.0 Å². The first-order chi connectivity index (χ1) is 10.7. The lowest BCUT2D eigenvalue weighted by molar-refractivity contribution is -0.122. The Morgan fingerprint density at radius 3 is 3.09 bits per heavy atom. The van der Waals surface area contributed by atoms with E-state index in [9.17, 15) is 9.59 Å². The third kappa shape index (κ3) is 3.62. The summed E-state index contributed by atoms with van der Waals surface area (Å²) < 4.78 is 0. The zero-order valence-corrected chi connectivity index (χ0v) is 13.3. The lowest BCUT2D eigenvalue weighted by Crippen LogP contribution is -2.43. The van der Waals surface area contributed by atoms with E-state index in [-0.39, 0.29) is 17.9 Å². The molecule has 2 amide bonds. The Morgan fingerprint density at radius 2 is 2.27 bits per heavy atom. The normalized spacial score (nSPS) is 20.8. The summed E-state index contributed by atoms with van der Waals surface area (Å²) in [6, 6.07) is 8.11. The third-order valence-electron chi connectivity index (χ3n) is 4.01. The molecule has 0 spiro atoms. The highest BCUT2D eigenvalue weighted by Gasteiger charge is 2.26. The molecule has 0 aliphatic carbocycles. The van der Waals surface area contributed by atoms with Crippen molar-refractivity contribution in [3.63, 3.8) is 0 Å². The van der Waals surface area contributed by atoms with Gasteiger partial charge in [0, 0.05) is 49.3 Å². The van der Waals surface area contributed by atoms with Crippen LogP contribution >= 0.6 is 11.8 Å². The van der Waals surface area contributed by atoms with Gasteiger partial charge >= 0.3 is 0 Å². The van der Waals surface area contributed by atoms with Crippen molar-refractivity contribution in [2.24, 2.45) is 0 Å². The van der Waals surface area contributed by atoms with Crippen molar-refractivity contribution in [2.45, 2.75) is 18.9 Å². The third-order valence-corrected chi connectivity index (χ3v) is 5.14. The molecule has 0 radical (unpaired) electrons. The van der Waals surface area contributed by atoms with E-state index in [4.69, 9.17) is 0 Å². The second-order valence-corrected chi connectivity index (χ2v) is 6.78. The molecule has 1 unspecified atom stereocenters. The molecule has 1 aromatic carbocycles. The molecule has 2 heterocycles. The number of thioether (sulfide) groups is 1. The van der Waals surface area contributed by atoms with E-state index in [0.717, 1.165) is 29.3 Å². The smallest absolute Gasteiger partial charge is 0.231 e. The number of rotatable bonds is 5. The SMILES string of the molecule is O=C(CC1CSCCN1)NCCN1C(=O)Cc2ccccc21. The Labute approximate surface area is 134 Å². The molecule has 0 bridgehead atoms. The van der Waals surface area contributed by atoms with Crippen LogP contribution in [0.1, 0.15) is 12.0 Å². The predicted molar refractivity (Wildman–Crippen MR) is 89.2 cm³/mol. The monoisotopic (exact) mass is 319 g/mol. The van der Waals surface area contributed by atoms with Crippen molar-refractivity contribution >= 4 is 29.3 Å². The topological polar surface area (TPSA) is 61.4 Å². The number of hydrogen-bond donors (Lipinski definition) is 2. The first kappa shape index (κ1) is 15.4. The number of para-hydroxylation sites is 1. The molecule has 2 N–H and O–H groups in total. The maximum Gasteiger partial charge on any atom is 0.231 e. The lowest BCUT2D eigenvalue weighted by atomic mass is 10.2. The van der Waals surface area contributed by atoms with Gasteiger partial charge in [-0.25, -0.2) is 0 Å². The highest BCUT2D eigenvalue weighted by Crippen LogP contribution is 2.27. The van der Waals surface area contributed by atoms with E-state index in [0.29, 0.717) is 25.9 Å². The molecular formula is C16H21N3O2S. The van der Waals surface area contributed by atoms with Crippen LogP contribution in [0.25, 0.3) is 0 Å². The number of nitrogens with one attached hydrogen (secondary N) is 2. The van der Waals surface area contributed by atoms with Crippen molar-refractivity contribution in [1.82, 2.24) is 10.6 Å². The Hall–Kier alpha value is -1.53. The average Bonchev–Trinajstić information content (AvgIpc) is 2.84. The van der Waals surface area contributed by atoms with Gasteiger partial charge in [-0.15, -0.1) is 0 Å². The summed E-state index contributed by atoms with van der Waals surface area (Å²) in [6.45, 7) is 2.01. The molecule has 118 valence electrons. The lowest BCUT2D eigenvalue weighted by Gasteiger charge is -2.23. The van der Waals surface area contributed by atoms with E-state index < -0.39 is 0 Å². The maximum absolute atomic E-state index is 12.0. The minimum absolute atomic E-state index is 0.0555. The second-order valence-electron chi connectivity index (χ2n) is 5.63. The van der Waals surface area contributed by atoms with Crippen LogP contribution in [-0.2, 0) is 16.0 Å².